The summed E-state index contributed by atoms with van der Waals surface area (Å²) in [5.74, 6) is -0.801. The Hall–Kier alpha value is -0.580. The average molecular weight is 262 g/mol. The van der Waals surface area contributed by atoms with Crippen molar-refractivity contribution in [3.05, 3.63) is 0 Å². The molecule has 1 aliphatic carbocycles. The van der Waals surface area contributed by atoms with Gasteiger partial charge in [-0.1, -0.05) is 33.1 Å². The first-order valence-electron chi connectivity index (χ1n) is 6.35. The van der Waals surface area contributed by atoms with Crippen molar-refractivity contribution >= 4 is 15.8 Å². The van der Waals surface area contributed by atoms with Crippen LogP contribution in [0, 0.1) is 5.92 Å². The van der Waals surface area contributed by atoms with E-state index >= 15 is 0 Å². The Balaban J connectivity index is 2.87. The highest BCUT2D eigenvalue weighted by molar-refractivity contribution is 7.93. The third-order valence-corrected chi connectivity index (χ3v) is 6.16. The fraction of sp³-hybridized carbons (Fsp3) is 0.917. The summed E-state index contributed by atoms with van der Waals surface area (Å²) in [6.45, 7) is 3.85. The van der Waals surface area contributed by atoms with Crippen molar-refractivity contribution in [2.75, 3.05) is 0 Å². The highest BCUT2D eigenvalue weighted by Crippen LogP contribution is 2.31. The largest absolute Gasteiger partial charge is 0.480 e. The van der Waals surface area contributed by atoms with Gasteiger partial charge in [-0.15, -0.1) is 0 Å². The van der Waals surface area contributed by atoms with Crippen molar-refractivity contribution in [2.24, 2.45) is 5.92 Å². The minimum absolute atomic E-state index is 0.225. The Kier molecular flexibility index (Phi) is 4.98. The van der Waals surface area contributed by atoms with E-state index < -0.39 is 26.3 Å². The predicted octanol–water partition coefficient (Wildman–Crippen LogP) is 2.23. The molecule has 0 aromatic rings. The normalized spacial score (nSPS) is 27.6. The molecule has 100 valence electrons. The molecule has 0 heterocycles. The third kappa shape index (κ3) is 3.44. The van der Waals surface area contributed by atoms with Crippen molar-refractivity contribution in [3.63, 3.8) is 0 Å². The number of hydrogen-bond acceptors (Lipinski definition) is 3. The highest BCUT2D eigenvalue weighted by atomic mass is 32.2. The summed E-state index contributed by atoms with van der Waals surface area (Å²) in [4.78, 5) is 11.1. The molecule has 17 heavy (non-hydrogen) atoms. The molecule has 4 nitrogen and oxygen atoms in total. The topological polar surface area (TPSA) is 71.4 Å². The molecule has 3 unspecified atom stereocenters. The molecule has 1 rings (SSSR count). The molecular formula is C12H22O4S. The molecule has 0 radical (unpaired) electrons. The second-order valence-electron chi connectivity index (χ2n) is 5.10. The number of aliphatic carboxylic acids is 1. The lowest BCUT2D eigenvalue weighted by atomic mass is 9.91. The fourth-order valence-electron chi connectivity index (χ4n) is 2.60. The van der Waals surface area contributed by atoms with Crippen molar-refractivity contribution < 1.29 is 18.3 Å². The Bertz CT molecular complexity index is 361. The number of carboxylic acids is 1. The first kappa shape index (κ1) is 14.5. The molecule has 0 aliphatic heterocycles. The van der Waals surface area contributed by atoms with Crippen LogP contribution in [0.2, 0.25) is 0 Å². The molecule has 5 heteroatoms. The van der Waals surface area contributed by atoms with Gasteiger partial charge in [0.05, 0.1) is 5.25 Å². The van der Waals surface area contributed by atoms with Crippen molar-refractivity contribution in [2.45, 2.75) is 62.9 Å². The molecule has 0 aromatic carbocycles. The zero-order valence-corrected chi connectivity index (χ0v) is 11.4. The van der Waals surface area contributed by atoms with Crippen molar-refractivity contribution in [1.82, 2.24) is 0 Å². The summed E-state index contributed by atoms with van der Waals surface area (Å²) in [7, 11) is -3.52. The van der Waals surface area contributed by atoms with E-state index in [1.165, 1.54) is 0 Å². The van der Waals surface area contributed by atoms with Crippen LogP contribution in [0.15, 0.2) is 0 Å². The molecule has 0 bridgehead atoms. The Morgan fingerprint density at radius 1 is 1.41 bits per heavy atom. The van der Waals surface area contributed by atoms with Gasteiger partial charge in [-0.3, -0.25) is 4.79 Å². The Morgan fingerprint density at radius 2 is 2.06 bits per heavy atom. The van der Waals surface area contributed by atoms with Gasteiger partial charge in [-0.05, 0) is 25.2 Å². The number of hydrogen-bond donors (Lipinski definition) is 1. The predicted molar refractivity (Wildman–Crippen MR) is 66.7 cm³/mol. The monoisotopic (exact) mass is 262 g/mol. The van der Waals surface area contributed by atoms with Crippen LogP contribution >= 0.6 is 0 Å². The van der Waals surface area contributed by atoms with Crippen LogP contribution in [0.25, 0.3) is 0 Å². The van der Waals surface area contributed by atoms with Crippen LogP contribution in [-0.4, -0.2) is 30.0 Å². The molecule has 0 amide bonds. The Morgan fingerprint density at radius 3 is 2.53 bits per heavy atom. The van der Waals surface area contributed by atoms with Gasteiger partial charge in [-0.2, -0.15) is 0 Å². The number of carboxylic acid groups (broad SMARTS) is 1. The highest BCUT2D eigenvalue weighted by Gasteiger charge is 2.39. The van der Waals surface area contributed by atoms with Crippen LogP contribution < -0.4 is 0 Å². The zero-order valence-electron chi connectivity index (χ0n) is 10.6. The van der Waals surface area contributed by atoms with Crippen molar-refractivity contribution in [1.29, 1.82) is 0 Å². The summed E-state index contributed by atoms with van der Waals surface area (Å²) >= 11 is 0. The molecule has 0 saturated heterocycles. The summed E-state index contributed by atoms with van der Waals surface area (Å²) < 4.78 is 24.6. The molecular weight excluding hydrogens is 240 g/mol. The van der Waals surface area contributed by atoms with E-state index in [0.29, 0.717) is 25.2 Å². The summed E-state index contributed by atoms with van der Waals surface area (Å²) in [6, 6.07) is 0. The van der Waals surface area contributed by atoms with Crippen LogP contribution in [-0.2, 0) is 14.6 Å². The van der Waals surface area contributed by atoms with Gasteiger partial charge in [0, 0.05) is 0 Å². The van der Waals surface area contributed by atoms with Crippen LogP contribution in [0.3, 0.4) is 0 Å². The molecule has 1 fully saturated rings. The number of carbonyl (C=O) groups is 1. The lowest BCUT2D eigenvalue weighted by Crippen LogP contribution is -2.39. The minimum Gasteiger partial charge on any atom is -0.480 e. The first-order chi connectivity index (χ1) is 7.89. The van der Waals surface area contributed by atoms with E-state index in [-0.39, 0.29) is 6.42 Å². The molecule has 1 aliphatic rings. The van der Waals surface area contributed by atoms with Crippen LogP contribution in [0.1, 0.15) is 52.4 Å². The van der Waals surface area contributed by atoms with Gasteiger partial charge in [0.15, 0.2) is 15.1 Å². The maximum Gasteiger partial charge on any atom is 0.321 e. The van der Waals surface area contributed by atoms with Gasteiger partial charge in [0.2, 0.25) is 0 Å². The summed E-state index contributed by atoms with van der Waals surface area (Å²) in [5.41, 5.74) is 0. The first-order valence-corrected chi connectivity index (χ1v) is 7.96. The third-order valence-electron chi connectivity index (χ3n) is 3.58. The zero-order chi connectivity index (χ0) is 13.1. The SMILES string of the molecule is CCCC(C(=O)O)S(=O)(=O)C1CCCC(C)C1. The maximum atomic E-state index is 12.3. The maximum absolute atomic E-state index is 12.3. The fourth-order valence-corrected chi connectivity index (χ4v) is 5.00. The number of sulfone groups is 1. The van der Waals surface area contributed by atoms with Crippen molar-refractivity contribution in [3.8, 4) is 0 Å². The summed E-state index contributed by atoms with van der Waals surface area (Å²) in [6.07, 6.45) is 4.00. The molecule has 3 atom stereocenters. The Labute approximate surface area is 103 Å². The second kappa shape index (κ2) is 5.85. The standard InChI is InChI=1S/C12H22O4S/c1-3-5-11(12(13)14)17(15,16)10-7-4-6-9(2)8-10/h9-11H,3-8H2,1-2H3,(H,13,14). The van der Waals surface area contributed by atoms with E-state index in [9.17, 15) is 13.2 Å². The summed E-state index contributed by atoms with van der Waals surface area (Å²) in [5, 5.41) is 7.41. The van der Waals surface area contributed by atoms with Crippen LogP contribution in [0.4, 0.5) is 0 Å². The molecule has 0 spiro atoms. The molecule has 1 saturated carbocycles. The van der Waals surface area contributed by atoms with Gasteiger partial charge < -0.3 is 5.11 Å². The van der Waals surface area contributed by atoms with E-state index in [1.807, 2.05) is 13.8 Å². The van der Waals surface area contributed by atoms with Gasteiger partial charge in [-0.25, -0.2) is 8.42 Å². The lowest BCUT2D eigenvalue weighted by Gasteiger charge is -2.28. The van der Waals surface area contributed by atoms with Crippen LogP contribution in [0.5, 0.6) is 0 Å². The smallest absolute Gasteiger partial charge is 0.321 e. The van der Waals surface area contributed by atoms with E-state index in [1.54, 1.807) is 0 Å². The van der Waals surface area contributed by atoms with Gasteiger partial charge in [0.25, 0.3) is 0 Å². The van der Waals surface area contributed by atoms with Gasteiger partial charge in [0.1, 0.15) is 0 Å². The van der Waals surface area contributed by atoms with Gasteiger partial charge >= 0.3 is 5.97 Å². The minimum atomic E-state index is -3.52. The van der Waals surface area contributed by atoms with E-state index in [2.05, 4.69) is 0 Å². The average Bonchev–Trinajstić information content (AvgIpc) is 2.25. The molecule has 0 aromatic heterocycles. The second-order valence-corrected chi connectivity index (χ2v) is 7.51. The molecule has 1 N–H and O–H groups in total. The quantitative estimate of drug-likeness (QED) is 0.824. The number of rotatable bonds is 5. The van der Waals surface area contributed by atoms with E-state index in [0.717, 1.165) is 12.8 Å². The van der Waals surface area contributed by atoms with E-state index in [4.69, 9.17) is 5.11 Å². The lowest BCUT2D eigenvalue weighted by molar-refractivity contribution is -0.136.